The molecule has 1 nitrogen and oxygen atoms in total. The van der Waals surface area contributed by atoms with E-state index in [1.54, 1.807) is 6.20 Å². The van der Waals surface area contributed by atoms with Crippen LogP contribution in [0.5, 0.6) is 0 Å². The third kappa shape index (κ3) is 2.26. The summed E-state index contributed by atoms with van der Waals surface area (Å²) in [6.07, 6.45) is 4.74. The smallest absolute Gasteiger partial charge is 0.0346 e. The van der Waals surface area contributed by atoms with Crippen LogP contribution < -0.4 is 0 Å². The van der Waals surface area contributed by atoms with Gasteiger partial charge in [0, 0.05) is 22.4 Å². The summed E-state index contributed by atoms with van der Waals surface area (Å²) in [5.41, 5.74) is 3.80. The maximum absolute atomic E-state index is 4.15. The molecule has 15 heavy (non-hydrogen) atoms. The molecule has 0 atom stereocenters. The molecular weight excluding hydrogens is 250 g/mol. The predicted molar refractivity (Wildman–Crippen MR) is 66.8 cm³/mol. The molecule has 1 aromatic carbocycles. The van der Waals surface area contributed by atoms with Crippen LogP contribution in [0.15, 0.2) is 47.2 Å². The van der Waals surface area contributed by atoms with E-state index in [9.17, 15) is 0 Å². The number of pyridine rings is 1. The van der Waals surface area contributed by atoms with Gasteiger partial charge in [0.15, 0.2) is 0 Å². The van der Waals surface area contributed by atoms with Crippen LogP contribution in [-0.2, 0) is 6.42 Å². The first-order chi connectivity index (χ1) is 7.31. The first-order valence-corrected chi connectivity index (χ1v) is 5.79. The zero-order chi connectivity index (χ0) is 10.7. The zero-order valence-electron chi connectivity index (χ0n) is 8.57. The Morgan fingerprint density at radius 1 is 1.27 bits per heavy atom. The molecule has 2 rings (SSSR count). The van der Waals surface area contributed by atoms with Crippen LogP contribution >= 0.6 is 15.9 Å². The first-order valence-electron chi connectivity index (χ1n) is 5.00. The highest BCUT2D eigenvalue weighted by atomic mass is 79.9. The van der Waals surface area contributed by atoms with Crippen LogP contribution in [0.3, 0.4) is 0 Å². The molecule has 0 aliphatic rings. The molecule has 0 amide bonds. The number of aromatic nitrogens is 1. The molecule has 0 aliphatic carbocycles. The molecule has 0 fully saturated rings. The van der Waals surface area contributed by atoms with Crippen molar-refractivity contribution >= 4 is 15.9 Å². The molecule has 2 heteroatoms. The summed E-state index contributed by atoms with van der Waals surface area (Å²) >= 11 is 3.49. The Kier molecular flexibility index (Phi) is 3.17. The average Bonchev–Trinajstić information content (AvgIpc) is 2.30. The quantitative estimate of drug-likeness (QED) is 0.794. The Morgan fingerprint density at radius 3 is 2.80 bits per heavy atom. The normalized spacial score (nSPS) is 10.3. The van der Waals surface area contributed by atoms with Crippen molar-refractivity contribution in [3.8, 4) is 11.1 Å². The molecular formula is C13H12BrN. The fourth-order valence-corrected chi connectivity index (χ4v) is 2.07. The van der Waals surface area contributed by atoms with Gasteiger partial charge in [0.25, 0.3) is 0 Å². The number of hydrogen-bond acceptors (Lipinski definition) is 1. The lowest BCUT2D eigenvalue weighted by Gasteiger charge is -2.07. The highest BCUT2D eigenvalue weighted by Crippen LogP contribution is 2.26. The van der Waals surface area contributed by atoms with Gasteiger partial charge in [-0.05, 0) is 35.7 Å². The van der Waals surface area contributed by atoms with Crippen molar-refractivity contribution < 1.29 is 0 Å². The monoisotopic (exact) mass is 261 g/mol. The van der Waals surface area contributed by atoms with Gasteiger partial charge in [0.05, 0.1) is 0 Å². The molecule has 2 aromatic rings. The molecule has 0 spiro atoms. The van der Waals surface area contributed by atoms with E-state index in [1.807, 2.05) is 12.3 Å². The van der Waals surface area contributed by atoms with Gasteiger partial charge >= 0.3 is 0 Å². The van der Waals surface area contributed by atoms with E-state index in [0.29, 0.717) is 0 Å². The van der Waals surface area contributed by atoms with Crippen molar-refractivity contribution in [2.75, 3.05) is 0 Å². The van der Waals surface area contributed by atoms with E-state index < -0.39 is 0 Å². The molecule has 0 saturated heterocycles. The molecule has 0 saturated carbocycles. The van der Waals surface area contributed by atoms with Crippen LogP contribution in [0.1, 0.15) is 12.5 Å². The number of nitrogens with zero attached hydrogens (tertiary/aromatic N) is 1. The van der Waals surface area contributed by atoms with Crippen LogP contribution in [0.4, 0.5) is 0 Å². The third-order valence-corrected chi connectivity index (χ3v) is 2.91. The van der Waals surface area contributed by atoms with Crippen molar-refractivity contribution in [3.05, 3.63) is 52.8 Å². The molecule has 0 unspecified atom stereocenters. The minimum atomic E-state index is 1.03. The van der Waals surface area contributed by atoms with Gasteiger partial charge in [-0.2, -0.15) is 0 Å². The number of hydrogen-bond donors (Lipinski definition) is 0. The summed E-state index contributed by atoms with van der Waals surface area (Å²) in [7, 11) is 0. The second-order valence-corrected chi connectivity index (χ2v) is 4.31. The Labute approximate surface area is 98.3 Å². The SMILES string of the molecule is CCc1cc(Br)ccc1-c1cccnc1. The number of aryl methyl sites for hydroxylation is 1. The van der Waals surface area contributed by atoms with Gasteiger partial charge in [-0.1, -0.05) is 35.0 Å². The lowest BCUT2D eigenvalue weighted by Crippen LogP contribution is -1.88. The van der Waals surface area contributed by atoms with Crippen LogP contribution in [0, 0.1) is 0 Å². The van der Waals surface area contributed by atoms with Gasteiger partial charge in [-0.15, -0.1) is 0 Å². The lowest BCUT2D eigenvalue weighted by atomic mass is 10.00. The average molecular weight is 262 g/mol. The Hall–Kier alpha value is -1.15. The lowest BCUT2D eigenvalue weighted by molar-refractivity contribution is 1.14. The Bertz CT molecular complexity index is 451. The topological polar surface area (TPSA) is 12.9 Å². The molecule has 0 N–H and O–H groups in total. The molecule has 0 radical (unpaired) electrons. The second-order valence-electron chi connectivity index (χ2n) is 3.40. The van der Waals surface area contributed by atoms with E-state index in [0.717, 1.165) is 10.9 Å². The summed E-state index contributed by atoms with van der Waals surface area (Å²) in [6, 6.07) is 10.4. The van der Waals surface area contributed by atoms with Gasteiger partial charge < -0.3 is 0 Å². The van der Waals surface area contributed by atoms with Gasteiger partial charge in [0.1, 0.15) is 0 Å². The standard InChI is InChI=1S/C13H12BrN/c1-2-10-8-12(14)5-6-13(10)11-4-3-7-15-9-11/h3-9H,2H2,1H3. The van der Waals surface area contributed by atoms with Crippen molar-refractivity contribution in [3.63, 3.8) is 0 Å². The molecule has 0 bridgehead atoms. The second kappa shape index (κ2) is 4.58. The molecule has 76 valence electrons. The summed E-state index contributed by atoms with van der Waals surface area (Å²) in [6.45, 7) is 2.17. The van der Waals surface area contributed by atoms with E-state index in [-0.39, 0.29) is 0 Å². The molecule has 1 heterocycles. The van der Waals surface area contributed by atoms with Crippen molar-refractivity contribution in [2.24, 2.45) is 0 Å². The van der Waals surface area contributed by atoms with Crippen LogP contribution in [0.25, 0.3) is 11.1 Å². The van der Waals surface area contributed by atoms with Crippen molar-refractivity contribution in [1.82, 2.24) is 4.98 Å². The fourth-order valence-electron chi connectivity index (χ4n) is 1.66. The maximum atomic E-state index is 4.15. The Balaban J connectivity index is 2.53. The highest BCUT2D eigenvalue weighted by Gasteiger charge is 2.03. The predicted octanol–water partition coefficient (Wildman–Crippen LogP) is 4.07. The summed E-state index contributed by atoms with van der Waals surface area (Å²) < 4.78 is 1.13. The summed E-state index contributed by atoms with van der Waals surface area (Å²) in [5.74, 6) is 0. The van der Waals surface area contributed by atoms with Crippen LogP contribution in [-0.4, -0.2) is 4.98 Å². The van der Waals surface area contributed by atoms with E-state index in [4.69, 9.17) is 0 Å². The third-order valence-electron chi connectivity index (χ3n) is 2.42. The molecule has 1 aromatic heterocycles. The number of benzene rings is 1. The number of halogens is 1. The zero-order valence-corrected chi connectivity index (χ0v) is 10.2. The maximum Gasteiger partial charge on any atom is 0.0346 e. The molecule has 0 aliphatic heterocycles. The first kappa shape index (κ1) is 10.4. The fraction of sp³-hybridized carbons (Fsp3) is 0.154. The van der Waals surface area contributed by atoms with Crippen molar-refractivity contribution in [2.45, 2.75) is 13.3 Å². The van der Waals surface area contributed by atoms with E-state index in [1.165, 1.54) is 16.7 Å². The number of rotatable bonds is 2. The van der Waals surface area contributed by atoms with Gasteiger partial charge in [-0.25, -0.2) is 0 Å². The van der Waals surface area contributed by atoms with Gasteiger partial charge in [0.2, 0.25) is 0 Å². The van der Waals surface area contributed by atoms with E-state index in [2.05, 4.69) is 52.1 Å². The minimum absolute atomic E-state index is 1.03. The van der Waals surface area contributed by atoms with Gasteiger partial charge in [-0.3, -0.25) is 4.98 Å². The van der Waals surface area contributed by atoms with E-state index >= 15 is 0 Å². The summed E-state index contributed by atoms with van der Waals surface area (Å²) in [5, 5.41) is 0. The highest BCUT2D eigenvalue weighted by molar-refractivity contribution is 9.10. The minimum Gasteiger partial charge on any atom is -0.264 e. The van der Waals surface area contributed by atoms with Crippen LogP contribution in [0.2, 0.25) is 0 Å². The summed E-state index contributed by atoms with van der Waals surface area (Å²) in [4.78, 5) is 4.15. The van der Waals surface area contributed by atoms with Crippen molar-refractivity contribution in [1.29, 1.82) is 0 Å². The Morgan fingerprint density at radius 2 is 2.13 bits per heavy atom. The largest absolute Gasteiger partial charge is 0.264 e.